The summed E-state index contributed by atoms with van der Waals surface area (Å²) in [5.74, 6) is 0. The molecule has 0 aliphatic carbocycles. The van der Waals surface area contributed by atoms with Crippen molar-refractivity contribution in [3.8, 4) is 28.5 Å². The van der Waals surface area contributed by atoms with E-state index < -0.39 is 5.56 Å². The van der Waals surface area contributed by atoms with E-state index in [4.69, 9.17) is 0 Å². The number of nitrogens with one attached hydrogen (secondary N) is 2. The lowest BCUT2D eigenvalue weighted by Gasteiger charge is -2.07. The number of aromatic nitrogens is 3. The molecule has 24 heavy (non-hydrogen) atoms. The number of fused-ring (bicyclic) bond motifs is 1. The number of para-hydroxylation sites is 1. The van der Waals surface area contributed by atoms with Crippen LogP contribution in [0.1, 0.15) is 5.56 Å². The summed E-state index contributed by atoms with van der Waals surface area (Å²) >= 11 is 0. The summed E-state index contributed by atoms with van der Waals surface area (Å²) in [6.07, 6.45) is 5.18. The highest BCUT2D eigenvalue weighted by Gasteiger charge is 2.15. The van der Waals surface area contributed by atoms with Crippen molar-refractivity contribution in [1.29, 1.82) is 5.26 Å². The van der Waals surface area contributed by atoms with E-state index in [1.807, 2.05) is 48.7 Å². The number of pyridine rings is 2. The van der Waals surface area contributed by atoms with E-state index >= 15 is 0 Å². The Balaban J connectivity index is 2.03. The largest absolute Gasteiger partial charge is 0.361 e. The molecule has 5 heteroatoms. The zero-order chi connectivity index (χ0) is 16.5. The van der Waals surface area contributed by atoms with Crippen molar-refractivity contribution in [2.45, 2.75) is 0 Å². The van der Waals surface area contributed by atoms with Gasteiger partial charge in [-0.25, -0.2) is 0 Å². The summed E-state index contributed by atoms with van der Waals surface area (Å²) in [6, 6.07) is 15.3. The molecule has 0 bridgehead atoms. The van der Waals surface area contributed by atoms with Crippen LogP contribution in [0.15, 0.2) is 65.8 Å². The van der Waals surface area contributed by atoms with Crippen LogP contribution in [0, 0.1) is 11.3 Å². The molecule has 0 aliphatic heterocycles. The highest BCUT2D eigenvalue weighted by molar-refractivity contribution is 5.97. The third kappa shape index (κ3) is 2.18. The van der Waals surface area contributed by atoms with E-state index in [9.17, 15) is 10.1 Å². The average Bonchev–Trinajstić information content (AvgIpc) is 3.06. The van der Waals surface area contributed by atoms with Gasteiger partial charge in [-0.05, 0) is 24.3 Å². The lowest BCUT2D eigenvalue weighted by molar-refractivity contribution is 1.21. The highest BCUT2D eigenvalue weighted by Crippen LogP contribution is 2.31. The molecular formula is C19H12N4O. The van der Waals surface area contributed by atoms with Crippen LogP contribution in [0.4, 0.5) is 0 Å². The monoisotopic (exact) mass is 312 g/mol. The Morgan fingerprint density at radius 2 is 1.96 bits per heavy atom. The fourth-order valence-corrected chi connectivity index (χ4v) is 2.86. The molecule has 4 rings (SSSR count). The van der Waals surface area contributed by atoms with Crippen molar-refractivity contribution < 1.29 is 0 Å². The van der Waals surface area contributed by atoms with E-state index in [2.05, 4.69) is 15.0 Å². The molecule has 1 aromatic carbocycles. The molecule has 0 saturated heterocycles. The summed E-state index contributed by atoms with van der Waals surface area (Å²) in [5, 5.41) is 10.4. The van der Waals surface area contributed by atoms with E-state index in [-0.39, 0.29) is 5.56 Å². The van der Waals surface area contributed by atoms with Crippen LogP contribution in [0.5, 0.6) is 0 Å². The van der Waals surface area contributed by atoms with Gasteiger partial charge in [0.25, 0.3) is 5.56 Å². The van der Waals surface area contributed by atoms with Gasteiger partial charge in [0.1, 0.15) is 11.6 Å². The van der Waals surface area contributed by atoms with Crippen LogP contribution in [-0.4, -0.2) is 15.0 Å². The molecule has 4 aromatic rings. The molecule has 3 heterocycles. The SMILES string of the molecule is N#Cc1c(-c2c[nH]c3ccccc23)cc(-c2cccnc2)[nH]c1=O. The maximum Gasteiger partial charge on any atom is 0.266 e. The van der Waals surface area contributed by atoms with Crippen molar-refractivity contribution in [2.24, 2.45) is 0 Å². The molecule has 0 saturated carbocycles. The van der Waals surface area contributed by atoms with Gasteiger partial charge in [0, 0.05) is 46.2 Å². The van der Waals surface area contributed by atoms with Crippen molar-refractivity contribution in [3.05, 3.63) is 77.0 Å². The van der Waals surface area contributed by atoms with Crippen molar-refractivity contribution in [2.75, 3.05) is 0 Å². The van der Waals surface area contributed by atoms with Gasteiger partial charge in [-0.1, -0.05) is 18.2 Å². The Morgan fingerprint density at radius 1 is 1.08 bits per heavy atom. The number of H-pyrrole nitrogens is 2. The Bertz CT molecular complexity index is 1130. The first-order valence-electron chi connectivity index (χ1n) is 7.42. The lowest BCUT2D eigenvalue weighted by atomic mass is 9.99. The predicted molar refractivity (Wildman–Crippen MR) is 92.3 cm³/mol. The normalized spacial score (nSPS) is 10.6. The van der Waals surface area contributed by atoms with Gasteiger partial charge in [-0.2, -0.15) is 5.26 Å². The topological polar surface area (TPSA) is 85.3 Å². The highest BCUT2D eigenvalue weighted by atomic mass is 16.1. The van der Waals surface area contributed by atoms with Crippen LogP contribution < -0.4 is 5.56 Å². The first kappa shape index (κ1) is 14.0. The van der Waals surface area contributed by atoms with Crippen LogP contribution >= 0.6 is 0 Å². The Hall–Kier alpha value is -3.65. The molecule has 5 nitrogen and oxygen atoms in total. The van der Waals surface area contributed by atoms with Crippen molar-refractivity contribution in [3.63, 3.8) is 0 Å². The minimum absolute atomic E-state index is 0.104. The molecule has 0 spiro atoms. The maximum absolute atomic E-state index is 12.4. The van der Waals surface area contributed by atoms with E-state index in [1.165, 1.54) is 0 Å². The number of hydrogen-bond acceptors (Lipinski definition) is 3. The number of rotatable bonds is 2. The molecule has 3 aromatic heterocycles. The average molecular weight is 312 g/mol. The molecule has 0 amide bonds. The van der Waals surface area contributed by atoms with Crippen LogP contribution in [-0.2, 0) is 0 Å². The number of aromatic amines is 2. The van der Waals surface area contributed by atoms with Crippen LogP contribution in [0.3, 0.4) is 0 Å². The van der Waals surface area contributed by atoms with Crippen molar-refractivity contribution >= 4 is 10.9 Å². The van der Waals surface area contributed by atoms with E-state index in [0.717, 1.165) is 22.0 Å². The van der Waals surface area contributed by atoms with Gasteiger partial charge in [-0.15, -0.1) is 0 Å². The third-order valence-electron chi connectivity index (χ3n) is 4.00. The smallest absolute Gasteiger partial charge is 0.266 e. The molecule has 0 unspecified atom stereocenters. The Labute approximate surface area is 137 Å². The van der Waals surface area contributed by atoms with Gasteiger partial charge in [-0.3, -0.25) is 9.78 Å². The summed E-state index contributed by atoms with van der Waals surface area (Å²) in [6.45, 7) is 0. The molecule has 0 radical (unpaired) electrons. The quantitative estimate of drug-likeness (QED) is 0.594. The fourth-order valence-electron chi connectivity index (χ4n) is 2.86. The molecule has 2 N–H and O–H groups in total. The third-order valence-corrected chi connectivity index (χ3v) is 4.00. The molecule has 114 valence electrons. The predicted octanol–water partition coefficient (Wildman–Crippen LogP) is 3.46. The number of nitriles is 1. The number of benzene rings is 1. The second kappa shape index (κ2) is 5.52. The first-order chi connectivity index (χ1) is 11.8. The molecular weight excluding hydrogens is 300 g/mol. The van der Waals surface area contributed by atoms with Gasteiger partial charge in [0.15, 0.2) is 0 Å². The summed E-state index contributed by atoms with van der Waals surface area (Å²) < 4.78 is 0. The van der Waals surface area contributed by atoms with Gasteiger partial charge >= 0.3 is 0 Å². The minimum Gasteiger partial charge on any atom is -0.361 e. The second-order valence-electron chi connectivity index (χ2n) is 5.40. The fraction of sp³-hybridized carbons (Fsp3) is 0. The zero-order valence-corrected chi connectivity index (χ0v) is 12.6. The summed E-state index contributed by atoms with van der Waals surface area (Å²) in [5.41, 5.74) is 3.52. The van der Waals surface area contributed by atoms with E-state index in [1.54, 1.807) is 18.5 Å². The Morgan fingerprint density at radius 3 is 2.75 bits per heavy atom. The second-order valence-corrected chi connectivity index (χ2v) is 5.40. The Kier molecular flexibility index (Phi) is 3.22. The number of hydrogen-bond donors (Lipinski definition) is 2. The summed E-state index contributed by atoms with van der Waals surface area (Å²) in [7, 11) is 0. The standard InChI is InChI=1S/C19H12N4O/c20-9-15-14(16-11-22-17-6-2-1-5-13(16)17)8-18(23-19(15)24)12-4-3-7-21-10-12/h1-8,10-11,22H,(H,23,24). The maximum atomic E-state index is 12.4. The van der Waals surface area contributed by atoms with Gasteiger partial charge in [0.05, 0.1) is 5.69 Å². The van der Waals surface area contributed by atoms with Crippen LogP contribution in [0.2, 0.25) is 0 Å². The summed E-state index contributed by atoms with van der Waals surface area (Å²) in [4.78, 5) is 22.4. The van der Waals surface area contributed by atoms with Gasteiger partial charge in [0.2, 0.25) is 0 Å². The van der Waals surface area contributed by atoms with Crippen LogP contribution in [0.25, 0.3) is 33.3 Å². The molecule has 0 atom stereocenters. The number of nitrogens with zero attached hydrogens (tertiary/aromatic N) is 2. The zero-order valence-electron chi connectivity index (χ0n) is 12.6. The van der Waals surface area contributed by atoms with Crippen molar-refractivity contribution in [1.82, 2.24) is 15.0 Å². The van der Waals surface area contributed by atoms with E-state index in [0.29, 0.717) is 11.3 Å². The lowest BCUT2D eigenvalue weighted by Crippen LogP contribution is -2.12. The molecule has 0 aliphatic rings. The molecule has 0 fully saturated rings. The minimum atomic E-state index is -0.404. The van der Waals surface area contributed by atoms with Gasteiger partial charge < -0.3 is 9.97 Å². The first-order valence-corrected chi connectivity index (χ1v) is 7.42.